The first kappa shape index (κ1) is 12.6. The van der Waals surface area contributed by atoms with Gasteiger partial charge in [0.25, 0.3) is 0 Å². The maximum atomic E-state index is 12.0. The quantitative estimate of drug-likeness (QED) is 0.718. The summed E-state index contributed by atoms with van der Waals surface area (Å²) in [4.78, 5) is 12.0. The molecule has 90 valence electrons. The van der Waals surface area contributed by atoms with Crippen molar-refractivity contribution in [1.82, 2.24) is 0 Å². The van der Waals surface area contributed by atoms with Crippen molar-refractivity contribution in [2.24, 2.45) is 0 Å². The molecule has 0 fully saturated rings. The van der Waals surface area contributed by atoms with Gasteiger partial charge in [0, 0.05) is 19.9 Å². The zero-order chi connectivity index (χ0) is 12.6. The van der Waals surface area contributed by atoms with Crippen molar-refractivity contribution < 1.29 is 9.53 Å². The van der Waals surface area contributed by atoms with Crippen molar-refractivity contribution in [3.8, 4) is 0 Å². The number of ether oxygens (including phenoxy) is 1. The number of rotatable bonds is 1. The van der Waals surface area contributed by atoms with Crippen molar-refractivity contribution in [2.45, 2.75) is 26.4 Å². The van der Waals surface area contributed by atoms with E-state index >= 15 is 0 Å². The number of esters is 1. The minimum absolute atomic E-state index is 0.262. The maximum Gasteiger partial charge on any atom is 0.340 e. The molecular weight excluding hydrogens is 300 g/mol. The summed E-state index contributed by atoms with van der Waals surface area (Å²) in [5, 5.41) is 2.79. The Morgan fingerprint density at radius 3 is 2.71 bits per heavy atom. The Kier molecular flexibility index (Phi) is 3.27. The van der Waals surface area contributed by atoms with Crippen LogP contribution in [0.2, 0.25) is 0 Å². The van der Waals surface area contributed by atoms with Crippen molar-refractivity contribution in [3.05, 3.63) is 33.6 Å². The number of fused-ring (bicyclic) bond motifs is 1. The van der Waals surface area contributed by atoms with Gasteiger partial charge in [-0.25, -0.2) is 4.79 Å². The molecule has 4 heteroatoms. The third-order valence-corrected chi connectivity index (χ3v) is 4.12. The van der Waals surface area contributed by atoms with Gasteiger partial charge in [0.15, 0.2) is 0 Å². The van der Waals surface area contributed by atoms with Gasteiger partial charge >= 0.3 is 5.97 Å². The molecule has 0 radical (unpaired) electrons. The molecule has 17 heavy (non-hydrogen) atoms. The number of thiophene rings is 1. The summed E-state index contributed by atoms with van der Waals surface area (Å²) in [5.74, 6) is -0.262. The molecular formula is C13H13BrO2S. The van der Waals surface area contributed by atoms with Crippen LogP contribution in [-0.4, -0.2) is 11.6 Å². The van der Waals surface area contributed by atoms with Crippen LogP contribution in [0, 0.1) is 0 Å². The average molecular weight is 313 g/mol. The Bertz CT molecular complexity index is 566. The number of carbonyl (C=O) groups excluding carboxylic acids is 1. The third-order valence-electron chi connectivity index (χ3n) is 2.17. The molecule has 0 saturated heterocycles. The van der Waals surface area contributed by atoms with E-state index in [1.165, 1.54) is 0 Å². The highest BCUT2D eigenvalue weighted by molar-refractivity contribution is 9.10. The highest BCUT2D eigenvalue weighted by Crippen LogP contribution is 2.33. The van der Waals surface area contributed by atoms with Gasteiger partial charge in [-0.05, 0) is 42.8 Å². The number of hydrogen-bond donors (Lipinski definition) is 0. The molecule has 1 aromatic heterocycles. The second-order valence-electron chi connectivity index (χ2n) is 4.77. The monoisotopic (exact) mass is 312 g/mol. The predicted molar refractivity (Wildman–Crippen MR) is 74.7 cm³/mol. The molecule has 0 aliphatic heterocycles. The minimum Gasteiger partial charge on any atom is -0.456 e. The van der Waals surface area contributed by atoms with Crippen LogP contribution >= 0.6 is 27.3 Å². The van der Waals surface area contributed by atoms with E-state index in [0.717, 1.165) is 14.6 Å². The zero-order valence-corrected chi connectivity index (χ0v) is 12.3. The molecule has 2 aromatic rings. The van der Waals surface area contributed by atoms with Crippen molar-refractivity contribution in [3.63, 3.8) is 0 Å². The van der Waals surface area contributed by atoms with Crippen LogP contribution in [-0.2, 0) is 4.74 Å². The van der Waals surface area contributed by atoms with Crippen LogP contribution in [0.25, 0.3) is 10.1 Å². The molecule has 2 nitrogen and oxygen atoms in total. The lowest BCUT2D eigenvalue weighted by atomic mass is 10.1. The molecule has 0 saturated carbocycles. The SMILES string of the molecule is CC(C)(C)OC(=O)c1csc2c(Br)cccc12. The van der Waals surface area contributed by atoms with E-state index in [2.05, 4.69) is 15.9 Å². The maximum absolute atomic E-state index is 12.0. The summed E-state index contributed by atoms with van der Waals surface area (Å²) in [5.41, 5.74) is 0.179. The summed E-state index contributed by atoms with van der Waals surface area (Å²) in [6.07, 6.45) is 0. The standard InChI is InChI=1S/C13H13BrO2S/c1-13(2,3)16-12(15)9-7-17-11-8(9)5-4-6-10(11)14/h4-7H,1-3H3. The first-order chi connectivity index (χ1) is 7.88. The van der Waals surface area contributed by atoms with E-state index in [4.69, 9.17) is 4.74 Å². The fraction of sp³-hybridized carbons (Fsp3) is 0.308. The molecule has 1 aromatic carbocycles. The molecule has 0 spiro atoms. The number of hydrogen-bond acceptors (Lipinski definition) is 3. The highest BCUT2D eigenvalue weighted by Gasteiger charge is 2.20. The Hall–Kier alpha value is -0.870. The van der Waals surface area contributed by atoms with Crippen LogP contribution in [0.5, 0.6) is 0 Å². The summed E-state index contributed by atoms with van der Waals surface area (Å²) < 4.78 is 7.47. The lowest BCUT2D eigenvalue weighted by molar-refractivity contribution is 0.00724. The van der Waals surface area contributed by atoms with Gasteiger partial charge < -0.3 is 4.74 Å². The van der Waals surface area contributed by atoms with Gasteiger partial charge in [-0.15, -0.1) is 11.3 Å². The first-order valence-electron chi connectivity index (χ1n) is 5.27. The average Bonchev–Trinajstić information content (AvgIpc) is 2.60. The summed E-state index contributed by atoms with van der Waals surface area (Å²) in [6.45, 7) is 5.61. The molecule has 0 aliphatic rings. The van der Waals surface area contributed by atoms with Gasteiger partial charge in [0.2, 0.25) is 0 Å². The minimum atomic E-state index is -0.461. The molecule has 0 amide bonds. The molecule has 0 atom stereocenters. The van der Waals surface area contributed by atoms with E-state index in [9.17, 15) is 4.79 Å². The third kappa shape index (κ3) is 2.69. The van der Waals surface area contributed by atoms with E-state index in [1.54, 1.807) is 11.3 Å². The smallest absolute Gasteiger partial charge is 0.340 e. The summed E-state index contributed by atoms with van der Waals surface area (Å²) >= 11 is 5.03. The molecule has 0 unspecified atom stereocenters. The Labute approximate surface area is 113 Å². The van der Waals surface area contributed by atoms with Crippen molar-refractivity contribution in [2.75, 3.05) is 0 Å². The fourth-order valence-electron chi connectivity index (χ4n) is 1.51. The fourth-order valence-corrected chi connectivity index (χ4v) is 3.10. The zero-order valence-electron chi connectivity index (χ0n) is 9.91. The van der Waals surface area contributed by atoms with Crippen LogP contribution in [0.1, 0.15) is 31.1 Å². The molecule has 2 rings (SSSR count). The van der Waals surface area contributed by atoms with Gasteiger partial charge in [-0.1, -0.05) is 12.1 Å². The predicted octanol–water partition coefficient (Wildman–Crippen LogP) is 4.62. The largest absolute Gasteiger partial charge is 0.456 e. The number of carbonyl (C=O) groups is 1. The van der Waals surface area contributed by atoms with Gasteiger partial charge in [0.1, 0.15) is 5.60 Å². The Morgan fingerprint density at radius 2 is 2.06 bits per heavy atom. The van der Waals surface area contributed by atoms with Crippen LogP contribution in [0.4, 0.5) is 0 Å². The Balaban J connectivity index is 2.43. The van der Waals surface area contributed by atoms with Crippen LogP contribution < -0.4 is 0 Å². The second-order valence-corrected chi connectivity index (χ2v) is 6.50. The topological polar surface area (TPSA) is 26.3 Å². The number of halogens is 1. The molecule has 1 heterocycles. The van der Waals surface area contributed by atoms with Gasteiger partial charge in [0.05, 0.1) is 5.56 Å². The van der Waals surface area contributed by atoms with Crippen LogP contribution in [0.15, 0.2) is 28.1 Å². The first-order valence-corrected chi connectivity index (χ1v) is 6.95. The number of benzene rings is 1. The summed E-state index contributed by atoms with van der Waals surface area (Å²) in [7, 11) is 0. The normalized spacial score (nSPS) is 11.8. The highest BCUT2D eigenvalue weighted by atomic mass is 79.9. The molecule has 0 bridgehead atoms. The van der Waals surface area contributed by atoms with Crippen molar-refractivity contribution >= 4 is 43.3 Å². The van der Waals surface area contributed by atoms with E-state index in [-0.39, 0.29) is 5.97 Å². The van der Waals surface area contributed by atoms with Crippen LogP contribution in [0.3, 0.4) is 0 Å². The molecule has 0 N–H and O–H groups in total. The lowest BCUT2D eigenvalue weighted by Gasteiger charge is -2.19. The van der Waals surface area contributed by atoms with Gasteiger partial charge in [-0.3, -0.25) is 0 Å². The Morgan fingerprint density at radius 1 is 1.35 bits per heavy atom. The lowest BCUT2D eigenvalue weighted by Crippen LogP contribution is -2.23. The molecule has 0 aliphatic carbocycles. The van der Waals surface area contributed by atoms with Gasteiger partial charge in [-0.2, -0.15) is 0 Å². The second kappa shape index (κ2) is 4.42. The summed E-state index contributed by atoms with van der Waals surface area (Å²) in [6, 6.07) is 5.83. The van der Waals surface area contributed by atoms with Crippen molar-refractivity contribution in [1.29, 1.82) is 0 Å². The van der Waals surface area contributed by atoms with E-state index < -0.39 is 5.60 Å². The van der Waals surface area contributed by atoms with E-state index in [1.807, 2.05) is 44.4 Å². The van der Waals surface area contributed by atoms with E-state index in [0.29, 0.717) is 5.56 Å².